The van der Waals surface area contributed by atoms with Crippen LogP contribution in [0, 0.1) is 0 Å². The number of rotatable bonds is 5. The lowest BCUT2D eigenvalue weighted by atomic mass is 9.97. The van der Waals surface area contributed by atoms with Crippen molar-refractivity contribution >= 4 is 33.7 Å². The van der Waals surface area contributed by atoms with E-state index in [2.05, 4.69) is 16.4 Å². The van der Waals surface area contributed by atoms with Gasteiger partial charge >= 0.3 is 0 Å². The second-order valence-corrected chi connectivity index (χ2v) is 7.50. The van der Waals surface area contributed by atoms with Crippen molar-refractivity contribution < 1.29 is 9.53 Å². The Morgan fingerprint density at radius 1 is 1.07 bits per heavy atom. The molecule has 1 heterocycles. The highest BCUT2D eigenvalue weighted by Gasteiger charge is 2.16. The number of carbonyl (C=O) groups is 1. The summed E-state index contributed by atoms with van der Waals surface area (Å²) in [5.74, 6) is 0.519. The number of aromatic nitrogens is 1. The Morgan fingerprint density at radius 3 is 2.68 bits per heavy atom. The molecule has 1 amide bonds. The third kappa shape index (κ3) is 3.75. The van der Waals surface area contributed by atoms with Crippen LogP contribution < -0.4 is 10.1 Å². The molecule has 0 spiro atoms. The second-order valence-electron chi connectivity index (χ2n) is 6.60. The maximum Gasteiger partial charge on any atom is 0.231 e. The normalized spacial score (nSPS) is 11.9. The molecule has 140 valence electrons. The Labute approximate surface area is 167 Å². The molecule has 4 nitrogen and oxygen atoms in total. The Balaban J connectivity index is 1.53. The van der Waals surface area contributed by atoms with Crippen molar-refractivity contribution in [2.45, 2.75) is 12.8 Å². The molecule has 0 fully saturated rings. The van der Waals surface area contributed by atoms with E-state index in [9.17, 15) is 4.79 Å². The summed E-state index contributed by atoms with van der Waals surface area (Å²) in [6.07, 6.45) is 1.78. The molecule has 1 N–H and O–H groups in total. The van der Waals surface area contributed by atoms with Gasteiger partial charge in [-0.1, -0.05) is 36.4 Å². The van der Waals surface area contributed by atoms with Crippen LogP contribution in [0.1, 0.15) is 18.4 Å². The molecule has 3 aromatic carbocycles. The number of fused-ring (bicyclic) bond motifs is 1. The van der Waals surface area contributed by atoms with Crippen LogP contribution in [-0.2, 0) is 4.79 Å². The van der Waals surface area contributed by atoms with Gasteiger partial charge in [0, 0.05) is 22.8 Å². The first kappa shape index (κ1) is 18.2. The number of amides is 1. The van der Waals surface area contributed by atoms with Crippen molar-refractivity contribution in [3.63, 3.8) is 0 Å². The minimum absolute atomic E-state index is 0.0378. The number of nitrogens with zero attached hydrogens (tertiary/aromatic N) is 1. The topological polar surface area (TPSA) is 51.2 Å². The summed E-state index contributed by atoms with van der Waals surface area (Å²) >= 11 is 1.58. The van der Waals surface area contributed by atoms with Crippen molar-refractivity contribution in [2.24, 2.45) is 0 Å². The highest BCUT2D eigenvalue weighted by molar-refractivity contribution is 7.13. The molecule has 0 saturated heterocycles. The quantitative estimate of drug-likeness (QED) is 0.476. The molecule has 1 atom stereocenters. The van der Waals surface area contributed by atoms with Gasteiger partial charge in [0.05, 0.1) is 13.0 Å². The summed E-state index contributed by atoms with van der Waals surface area (Å²) in [4.78, 5) is 17.1. The number of nitrogens with one attached hydrogen (secondary N) is 1. The first-order valence-corrected chi connectivity index (χ1v) is 9.90. The number of anilines is 1. The average molecular weight is 388 g/mol. The number of hydrogen-bond acceptors (Lipinski definition) is 4. The van der Waals surface area contributed by atoms with Gasteiger partial charge in [-0.05, 0) is 47.5 Å². The summed E-state index contributed by atoms with van der Waals surface area (Å²) in [6.45, 7) is 1.92. The highest BCUT2D eigenvalue weighted by Crippen LogP contribution is 2.27. The molecule has 0 aliphatic carbocycles. The number of hydrogen-bond donors (Lipinski definition) is 1. The lowest BCUT2D eigenvalue weighted by Crippen LogP contribution is -2.18. The molecule has 28 heavy (non-hydrogen) atoms. The lowest BCUT2D eigenvalue weighted by molar-refractivity contribution is -0.117. The zero-order valence-electron chi connectivity index (χ0n) is 15.7. The van der Waals surface area contributed by atoms with Crippen LogP contribution in [0.4, 0.5) is 5.69 Å². The second kappa shape index (κ2) is 7.82. The summed E-state index contributed by atoms with van der Waals surface area (Å²) in [7, 11) is 1.66. The van der Waals surface area contributed by atoms with Crippen LogP contribution in [0.15, 0.2) is 72.2 Å². The summed E-state index contributed by atoms with van der Waals surface area (Å²) in [5.41, 5.74) is 2.75. The Hall–Kier alpha value is -3.18. The molecule has 0 bridgehead atoms. The van der Waals surface area contributed by atoms with Crippen molar-refractivity contribution in [3.8, 4) is 16.3 Å². The van der Waals surface area contributed by atoms with Gasteiger partial charge in [0.25, 0.3) is 0 Å². The van der Waals surface area contributed by atoms with E-state index in [0.29, 0.717) is 0 Å². The molecule has 4 rings (SSSR count). The fraction of sp³-hybridized carbons (Fsp3) is 0.130. The van der Waals surface area contributed by atoms with E-state index in [-0.39, 0.29) is 11.8 Å². The fourth-order valence-corrected chi connectivity index (χ4v) is 3.77. The Kier molecular flexibility index (Phi) is 5.08. The molecule has 0 unspecified atom stereocenters. The third-order valence-electron chi connectivity index (χ3n) is 4.77. The minimum Gasteiger partial charge on any atom is -0.497 e. The summed E-state index contributed by atoms with van der Waals surface area (Å²) < 4.78 is 5.27. The summed E-state index contributed by atoms with van der Waals surface area (Å²) in [5, 5.41) is 8.08. The SMILES string of the molecule is COc1ccc2cc([C@H](C)C(=O)Nc3cccc(-c4nccs4)c3)ccc2c1. The van der Waals surface area contributed by atoms with Gasteiger partial charge in [-0.3, -0.25) is 4.79 Å². The third-order valence-corrected chi connectivity index (χ3v) is 5.60. The molecule has 0 aliphatic heterocycles. The molecule has 0 radical (unpaired) electrons. The van der Waals surface area contributed by atoms with Gasteiger partial charge < -0.3 is 10.1 Å². The van der Waals surface area contributed by atoms with E-state index in [1.165, 1.54) is 0 Å². The smallest absolute Gasteiger partial charge is 0.231 e. The van der Waals surface area contributed by atoms with Crippen LogP contribution in [0.2, 0.25) is 0 Å². The van der Waals surface area contributed by atoms with Gasteiger partial charge in [0.1, 0.15) is 10.8 Å². The molecule has 1 aromatic heterocycles. The van der Waals surface area contributed by atoms with Gasteiger partial charge in [-0.25, -0.2) is 4.98 Å². The molecule has 4 aromatic rings. The standard InChI is InChI=1S/C23H20N2O2S/c1-15(16-6-7-18-14-21(27-2)9-8-17(18)12-16)22(26)25-20-5-3-4-19(13-20)23-24-10-11-28-23/h3-15H,1-2H3,(H,25,26)/t15-/m0/s1. The lowest BCUT2D eigenvalue weighted by Gasteiger charge is -2.14. The number of ether oxygens (including phenoxy) is 1. The molecular weight excluding hydrogens is 368 g/mol. The van der Waals surface area contributed by atoms with Gasteiger partial charge in [-0.2, -0.15) is 0 Å². The molecular formula is C23H20N2O2S. The number of benzene rings is 3. The summed E-state index contributed by atoms with van der Waals surface area (Å²) in [6, 6.07) is 19.8. The van der Waals surface area contributed by atoms with Gasteiger partial charge in [0.15, 0.2) is 0 Å². The van der Waals surface area contributed by atoms with Crippen LogP contribution >= 0.6 is 11.3 Å². The van der Waals surface area contributed by atoms with Crippen LogP contribution in [-0.4, -0.2) is 18.0 Å². The molecule has 5 heteroatoms. The molecule has 0 aliphatic rings. The Bertz CT molecular complexity index is 1120. The van der Waals surface area contributed by atoms with Crippen LogP contribution in [0.5, 0.6) is 5.75 Å². The predicted octanol–water partition coefficient (Wildman–Crippen LogP) is 5.71. The monoisotopic (exact) mass is 388 g/mol. The van der Waals surface area contributed by atoms with E-state index in [4.69, 9.17) is 4.74 Å². The largest absolute Gasteiger partial charge is 0.497 e. The van der Waals surface area contributed by atoms with E-state index < -0.39 is 0 Å². The van der Waals surface area contributed by atoms with Crippen molar-refractivity contribution in [2.75, 3.05) is 12.4 Å². The van der Waals surface area contributed by atoms with Gasteiger partial charge in [-0.15, -0.1) is 11.3 Å². The van der Waals surface area contributed by atoms with Crippen LogP contribution in [0.25, 0.3) is 21.3 Å². The van der Waals surface area contributed by atoms with Crippen molar-refractivity contribution in [3.05, 3.63) is 77.8 Å². The van der Waals surface area contributed by atoms with Crippen LogP contribution in [0.3, 0.4) is 0 Å². The van der Waals surface area contributed by atoms with Crippen molar-refractivity contribution in [1.82, 2.24) is 4.98 Å². The number of methoxy groups -OCH3 is 1. The number of thiazole rings is 1. The molecule has 0 saturated carbocycles. The van der Waals surface area contributed by atoms with Gasteiger partial charge in [0.2, 0.25) is 5.91 Å². The zero-order valence-corrected chi connectivity index (χ0v) is 16.5. The number of carbonyl (C=O) groups excluding carboxylic acids is 1. The zero-order chi connectivity index (χ0) is 19.5. The minimum atomic E-state index is -0.268. The van der Waals surface area contributed by atoms with E-state index in [0.717, 1.165) is 38.3 Å². The van der Waals surface area contributed by atoms with E-state index in [1.807, 2.05) is 66.9 Å². The predicted molar refractivity (Wildman–Crippen MR) is 115 cm³/mol. The fourth-order valence-electron chi connectivity index (χ4n) is 3.14. The van der Waals surface area contributed by atoms with E-state index >= 15 is 0 Å². The maximum atomic E-state index is 12.8. The Morgan fingerprint density at radius 2 is 1.89 bits per heavy atom. The first-order chi connectivity index (χ1) is 13.6. The highest BCUT2D eigenvalue weighted by atomic mass is 32.1. The maximum absolute atomic E-state index is 12.8. The van der Waals surface area contributed by atoms with E-state index in [1.54, 1.807) is 24.6 Å². The van der Waals surface area contributed by atoms with Crippen molar-refractivity contribution in [1.29, 1.82) is 0 Å². The first-order valence-electron chi connectivity index (χ1n) is 9.02. The average Bonchev–Trinajstić information content (AvgIpc) is 3.27.